The Morgan fingerprint density at radius 2 is 2.38 bits per heavy atom. The summed E-state index contributed by atoms with van der Waals surface area (Å²) in [5, 5.41) is 11.7. The number of carbonyl (C=O) groups excluding carboxylic acids is 1. The zero-order valence-electron chi connectivity index (χ0n) is 12.3. The number of hydrogen-bond donors (Lipinski definition) is 1. The minimum atomic E-state index is -0.0133. The molecule has 0 aromatic heterocycles. The Hall–Kier alpha value is -2.06. The van der Waals surface area contributed by atoms with Gasteiger partial charge < -0.3 is 10.1 Å². The molecular weight excluding hydrogens is 266 g/mol. The lowest BCUT2D eigenvalue weighted by Crippen LogP contribution is -2.55. The number of nitriles is 1. The highest BCUT2D eigenvalue weighted by Crippen LogP contribution is 2.13. The Balaban J connectivity index is 1.76. The molecule has 1 heterocycles. The van der Waals surface area contributed by atoms with Crippen LogP contribution < -0.4 is 10.1 Å². The molecule has 1 aromatic rings. The standard InChI is InChI=1S/C16H21N3O2/c1-2-15-16(20)18-7-9-19(15)8-4-10-21-14-6-3-5-13(11-14)12-17/h3,5-6,11,15H,2,4,7-10H2,1H3,(H,18,20). The lowest BCUT2D eigenvalue weighted by molar-refractivity contribution is -0.129. The number of rotatable bonds is 6. The van der Waals surface area contributed by atoms with Crippen LogP contribution in [-0.4, -0.2) is 43.1 Å². The molecule has 1 saturated heterocycles. The SMILES string of the molecule is CCC1C(=O)NCCN1CCCOc1cccc(C#N)c1. The van der Waals surface area contributed by atoms with Crippen LogP contribution in [0.4, 0.5) is 0 Å². The molecule has 1 atom stereocenters. The molecule has 1 unspecified atom stereocenters. The van der Waals surface area contributed by atoms with Crippen LogP contribution in [0.15, 0.2) is 24.3 Å². The van der Waals surface area contributed by atoms with E-state index in [1.54, 1.807) is 12.1 Å². The minimum Gasteiger partial charge on any atom is -0.494 e. The van der Waals surface area contributed by atoms with Gasteiger partial charge in [0.1, 0.15) is 5.75 Å². The molecule has 2 rings (SSSR count). The first-order valence-electron chi connectivity index (χ1n) is 7.39. The maximum Gasteiger partial charge on any atom is 0.237 e. The van der Waals surface area contributed by atoms with Crippen LogP contribution >= 0.6 is 0 Å². The molecular formula is C16H21N3O2. The quantitative estimate of drug-likeness (QED) is 0.806. The largest absolute Gasteiger partial charge is 0.494 e. The van der Waals surface area contributed by atoms with Crippen LogP contribution in [0.1, 0.15) is 25.3 Å². The topological polar surface area (TPSA) is 65.4 Å². The number of piperazine rings is 1. The Morgan fingerprint density at radius 3 is 3.14 bits per heavy atom. The van der Waals surface area contributed by atoms with Gasteiger partial charge >= 0.3 is 0 Å². The van der Waals surface area contributed by atoms with Crippen molar-refractivity contribution in [3.63, 3.8) is 0 Å². The van der Waals surface area contributed by atoms with Gasteiger partial charge in [0.25, 0.3) is 0 Å². The molecule has 112 valence electrons. The Kier molecular flexibility index (Phi) is 5.59. The molecule has 1 N–H and O–H groups in total. The number of hydrogen-bond acceptors (Lipinski definition) is 4. The van der Waals surface area contributed by atoms with Crippen molar-refractivity contribution in [2.45, 2.75) is 25.8 Å². The van der Waals surface area contributed by atoms with E-state index in [1.165, 1.54) is 0 Å². The fourth-order valence-electron chi connectivity index (χ4n) is 2.59. The van der Waals surface area contributed by atoms with E-state index in [1.807, 2.05) is 19.1 Å². The lowest BCUT2D eigenvalue weighted by Gasteiger charge is -2.34. The summed E-state index contributed by atoms with van der Waals surface area (Å²) in [4.78, 5) is 14.0. The Bertz CT molecular complexity index is 524. The van der Waals surface area contributed by atoms with Crippen LogP contribution in [0.2, 0.25) is 0 Å². The second-order valence-corrected chi connectivity index (χ2v) is 5.09. The van der Waals surface area contributed by atoms with E-state index in [4.69, 9.17) is 10.00 Å². The number of nitrogens with one attached hydrogen (secondary N) is 1. The zero-order valence-corrected chi connectivity index (χ0v) is 12.3. The molecule has 0 radical (unpaired) electrons. The van der Waals surface area contributed by atoms with Crippen LogP contribution in [0, 0.1) is 11.3 Å². The molecule has 0 aliphatic carbocycles. The molecule has 0 saturated carbocycles. The van der Waals surface area contributed by atoms with Gasteiger partial charge in [-0.1, -0.05) is 13.0 Å². The summed E-state index contributed by atoms with van der Waals surface area (Å²) < 4.78 is 5.66. The predicted octanol–water partition coefficient (Wildman–Crippen LogP) is 1.54. The van der Waals surface area contributed by atoms with Gasteiger partial charge in [0, 0.05) is 19.6 Å². The van der Waals surface area contributed by atoms with Crippen LogP contribution in [0.5, 0.6) is 5.75 Å². The van der Waals surface area contributed by atoms with Gasteiger partial charge in [-0.25, -0.2) is 0 Å². The summed E-state index contributed by atoms with van der Waals surface area (Å²) in [6.45, 7) is 5.09. The molecule has 0 bridgehead atoms. The maximum absolute atomic E-state index is 11.7. The third kappa shape index (κ3) is 4.20. The van der Waals surface area contributed by atoms with E-state index in [2.05, 4.69) is 16.3 Å². The van der Waals surface area contributed by atoms with E-state index in [-0.39, 0.29) is 11.9 Å². The van der Waals surface area contributed by atoms with Crippen molar-refractivity contribution in [2.24, 2.45) is 0 Å². The lowest BCUT2D eigenvalue weighted by atomic mass is 10.1. The number of ether oxygens (including phenoxy) is 1. The predicted molar refractivity (Wildman–Crippen MR) is 79.9 cm³/mol. The van der Waals surface area contributed by atoms with Crippen molar-refractivity contribution in [1.82, 2.24) is 10.2 Å². The third-order valence-corrected chi connectivity index (χ3v) is 3.65. The highest BCUT2D eigenvalue weighted by molar-refractivity contribution is 5.82. The third-order valence-electron chi connectivity index (χ3n) is 3.65. The first-order valence-corrected chi connectivity index (χ1v) is 7.39. The molecule has 1 amide bonds. The first kappa shape index (κ1) is 15.3. The van der Waals surface area contributed by atoms with E-state index in [9.17, 15) is 4.79 Å². The van der Waals surface area contributed by atoms with Crippen molar-refractivity contribution in [2.75, 3.05) is 26.2 Å². The van der Waals surface area contributed by atoms with Crippen molar-refractivity contribution in [3.8, 4) is 11.8 Å². The molecule has 1 aromatic carbocycles. The summed E-state index contributed by atoms with van der Waals surface area (Å²) in [7, 11) is 0. The van der Waals surface area contributed by atoms with Gasteiger partial charge in [-0.2, -0.15) is 5.26 Å². The molecule has 0 spiro atoms. The minimum absolute atomic E-state index is 0.0133. The molecule has 1 aliphatic rings. The fourth-order valence-corrected chi connectivity index (χ4v) is 2.59. The van der Waals surface area contributed by atoms with Crippen molar-refractivity contribution in [3.05, 3.63) is 29.8 Å². The monoisotopic (exact) mass is 287 g/mol. The molecule has 21 heavy (non-hydrogen) atoms. The second kappa shape index (κ2) is 7.65. The molecule has 5 nitrogen and oxygen atoms in total. The summed E-state index contributed by atoms with van der Waals surface area (Å²) in [6.07, 6.45) is 1.69. The van der Waals surface area contributed by atoms with Gasteiger partial charge in [-0.05, 0) is 31.0 Å². The smallest absolute Gasteiger partial charge is 0.237 e. The van der Waals surface area contributed by atoms with E-state index >= 15 is 0 Å². The number of amides is 1. The zero-order chi connectivity index (χ0) is 15.1. The van der Waals surface area contributed by atoms with Crippen molar-refractivity contribution < 1.29 is 9.53 Å². The highest BCUT2D eigenvalue weighted by Gasteiger charge is 2.27. The summed E-state index contributed by atoms with van der Waals surface area (Å²) in [5.74, 6) is 0.851. The molecule has 5 heteroatoms. The first-order chi connectivity index (χ1) is 10.2. The van der Waals surface area contributed by atoms with Crippen molar-refractivity contribution >= 4 is 5.91 Å². The normalized spacial score (nSPS) is 18.9. The van der Waals surface area contributed by atoms with Crippen LogP contribution in [-0.2, 0) is 4.79 Å². The Morgan fingerprint density at radius 1 is 1.52 bits per heavy atom. The number of benzene rings is 1. The average molecular weight is 287 g/mol. The van der Waals surface area contributed by atoms with Gasteiger partial charge in [0.05, 0.1) is 24.3 Å². The maximum atomic E-state index is 11.7. The van der Waals surface area contributed by atoms with Gasteiger partial charge in [-0.15, -0.1) is 0 Å². The van der Waals surface area contributed by atoms with E-state index < -0.39 is 0 Å². The highest BCUT2D eigenvalue weighted by atomic mass is 16.5. The van der Waals surface area contributed by atoms with E-state index in [0.29, 0.717) is 12.2 Å². The summed E-state index contributed by atoms with van der Waals surface area (Å²) >= 11 is 0. The van der Waals surface area contributed by atoms with Crippen molar-refractivity contribution in [1.29, 1.82) is 5.26 Å². The average Bonchev–Trinajstić information content (AvgIpc) is 2.52. The Labute approximate surface area is 125 Å². The summed E-state index contributed by atoms with van der Waals surface area (Å²) in [6, 6.07) is 9.24. The van der Waals surface area contributed by atoms with Gasteiger partial charge in [0.2, 0.25) is 5.91 Å². The fraction of sp³-hybridized carbons (Fsp3) is 0.500. The molecule has 1 aliphatic heterocycles. The molecule has 1 fully saturated rings. The van der Waals surface area contributed by atoms with E-state index in [0.717, 1.165) is 38.2 Å². The van der Waals surface area contributed by atoms with Crippen LogP contribution in [0.25, 0.3) is 0 Å². The number of carbonyl (C=O) groups is 1. The van der Waals surface area contributed by atoms with Crippen LogP contribution in [0.3, 0.4) is 0 Å². The summed E-state index contributed by atoms with van der Waals surface area (Å²) in [5.41, 5.74) is 0.603. The number of nitrogens with zero attached hydrogens (tertiary/aromatic N) is 2. The second-order valence-electron chi connectivity index (χ2n) is 5.09. The van der Waals surface area contributed by atoms with Gasteiger partial charge in [-0.3, -0.25) is 9.69 Å². The van der Waals surface area contributed by atoms with Gasteiger partial charge in [0.15, 0.2) is 0 Å².